The summed E-state index contributed by atoms with van der Waals surface area (Å²) in [7, 11) is 0. The van der Waals surface area contributed by atoms with E-state index >= 15 is 0 Å². The Bertz CT molecular complexity index is 717. The topological polar surface area (TPSA) is 87.7 Å². The monoisotopic (exact) mass is 378 g/mol. The molecule has 0 aliphatic rings. The van der Waals surface area contributed by atoms with Crippen LogP contribution in [0.25, 0.3) is 0 Å². The lowest BCUT2D eigenvalue weighted by atomic mass is 10.2. The van der Waals surface area contributed by atoms with Crippen LogP contribution in [0, 0.1) is 6.92 Å². The van der Waals surface area contributed by atoms with Crippen molar-refractivity contribution in [1.82, 2.24) is 10.9 Å². The van der Waals surface area contributed by atoms with Crippen LogP contribution >= 0.6 is 15.9 Å². The fourth-order valence-electron chi connectivity index (χ4n) is 1.71. The van der Waals surface area contributed by atoms with Crippen LogP contribution in [0.5, 0.6) is 11.5 Å². The number of phenols is 1. The first-order chi connectivity index (χ1) is 11.0. The predicted octanol–water partition coefficient (Wildman–Crippen LogP) is 2.30. The van der Waals surface area contributed by atoms with Crippen LogP contribution in [0.15, 0.2) is 46.9 Å². The minimum atomic E-state index is -0.496. The van der Waals surface area contributed by atoms with Crippen molar-refractivity contribution in [3.8, 4) is 11.5 Å². The molecule has 3 N–H and O–H groups in total. The standard InChI is InChI=1S/C16H15BrN2O4/c1-10-2-7-14(13(17)8-10)23-9-15(21)18-19-16(22)11-3-5-12(20)6-4-11/h2-8,20H,9H2,1H3,(H,18,21)(H,19,22). The molecule has 0 aromatic heterocycles. The van der Waals surface area contributed by atoms with Crippen molar-refractivity contribution in [2.75, 3.05) is 6.61 Å². The second kappa shape index (κ2) is 7.64. The lowest BCUT2D eigenvalue weighted by Crippen LogP contribution is -2.43. The first-order valence-electron chi connectivity index (χ1n) is 6.73. The normalized spacial score (nSPS) is 10.0. The zero-order valence-corrected chi connectivity index (χ0v) is 13.9. The van der Waals surface area contributed by atoms with E-state index in [4.69, 9.17) is 9.84 Å². The molecule has 0 saturated carbocycles. The maximum absolute atomic E-state index is 11.8. The molecule has 0 radical (unpaired) electrons. The minimum absolute atomic E-state index is 0.0580. The number of ether oxygens (including phenoxy) is 1. The Kier molecular flexibility index (Phi) is 5.59. The molecular weight excluding hydrogens is 364 g/mol. The third kappa shape index (κ3) is 5.00. The van der Waals surface area contributed by atoms with Gasteiger partial charge in [0.1, 0.15) is 11.5 Å². The fourth-order valence-corrected chi connectivity index (χ4v) is 2.32. The van der Waals surface area contributed by atoms with Gasteiger partial charge in [-0.25, -0.2) is 0 Å². The molecule has 6 nitrogen and oxygen atoms in total. The predicted molar refractivity (Wildman–Crippen MR) is 88.1 cm³/mol. The number of benzene rings is 2. The molecule has 0 saturated heterocycles. The molecular formula is C16H15BrN2O4. The molecule has 0 heterocycles. The molecule has 7 heteroatoms. The molecule has 0 fully saturated rings. The number of rotatable bonds is 4. The van der Waals surface area contributed by atoms with E-state index in [9.17, 15) is 9.59 Å². The van der Waals surface area contributed by atoms with Gasteiger partial charge in [-0.3, -0.25) is 20.4 Å². The summed E-state index contributed by atoms with van der Waals surface area (Å²) in [5.74, 6) is -0.391. The van der Waals surface area contributed by atoms with E-state index in [1.165, 1.54) is 24.3 Å². The highest BCUT2D eigenvalue weighted by molar-refractivity contribution is 9.10. The van der Waals surface area contributed by atoms with Crippen LogP contribution in [-0.2, 0) is 4.79 Å². The van der Waals surface area contributed by atoms with Crippen LogP contribution in [-0.4, -0.2) is 23.5 Å². The van der Waals surface area contributed by atoms with E-state index in [2.05, 4.69) is 26.8 Å². The average molecular weight is 379 g/mol. The van der Waals surface area contributed by atoms with Gasteiger partial charge < -0.3 is 9.84 Å². The van der Waals surface area contributed by atoms with E-state index in [-0.39, 0.29) is 12.4 Å². The summed E-state index contributed by atoms with van der Waals surface area (Å²) in [5, 5.41) is 9.15. The van der Waals surface area contributed by atoms with E-state index in [0.29, 0.717) is 11.3 Å². The number of nitrogens with one attached hydrogen (secondary N) is 2. The van der Waals surface area contributed by atoms with Gasteiger partial charge in [-0.15, -0.1) is 0 Å². The molecule has 0 aliphatic carbocycles. The van der Waals surface area contributed by atoms with Crippen LogP contribution in [0.3, 0.4) is 0 Å². The Morgan fingerprint density at radius 1 is 1.13 bits per heavy atom. The van der Waals surface area contributed by atoms with E-state index in [1.807, 2.05) is 19.1 Å². The van der Waals surface area contributed by atoms with Gasteiger partial charge >= 0.3 is 0 Å². The summed E-state index contributed by atoms with van der Waals surface area (Å²) < 4.78 is 6.11. The number of aryl methyl sites for hydroxylation is 1. The van der Waals surface area contributed by atoms with Crippen molar-refractivity contribution in [2.24, 2.45) is 0 Å². The van der Waals surface area contributed by atoms with E-state index < -0.39 is 11.8 Å². The second-order valence-electron chi connectivity index (χ2n) is 4.77. The van der Waals surface area contributed by atoms with Crippen molar-refractivity contribution in [1.29, 1.82) is 0 Å². The molecule has 23 heavy (non-hydrogen) atoms. The number of carbonyl (C=O) groups excluding carboxylic acids is 2. The Morgan fingerprint density at radius 2 is 1.83 bits per heavy atom. The fraction of sp³-hybridized carbons (Fsp3) is 0.125. The molecule has 120 valence electrons. The summed E-state index contributed by atoms with van der Waals surface area (Å²) in [6.07, 6.45) is 0. The summed E-state index contributed by atoms with van der Waals surface area (Å²) in [5.41, 5.74) is 5.90. The molecule has 0 aliphatic heterocycles. The number of halogens is 1. The molecule has 2 rings (SSSR count). The smallest absolute Gasteiger partial charge is 0.276 e. The Morgan fingerprint density at radius 3 is 2.48 bits per heavy atom. The maximum atomic E-state index is 11.8. The van der Waals surface area contributed by atoms with Crippen LogP contribution < -0.4 is 15.6 Å². The number of phenolic OH excluding ortho intramolecular Hbond substituents is 1. The lowest BCUT2D eigenvalue weighted by molar-refractivity contribution is -0.123. The van der Waals surface area contributed by atoms with Crippen molar-refractivity contribution in [2.45, 2.75) is 6.92 Å². The Balaban J connectivity index is 1.81. The number of hydrogen-bond donors (Lipinski definition) is 3. The second-order valence-corrected chi connectivity index (χ2v) is 5.63. The quantitative estimate of drug-likeness (QED) is 0.712. The molecule has 0 spiro atoms. The van der Waals surface area contributed by atoms with Crippen molar-refractivity contribution < 1.29 is 19.4 Å². The van der Waals surface area contributed by atoms with Gasteiger partial charge in [-0.1, -0.05) is 6.07 Å². The number of hydrazine groups is 1. The molecule has 2 aromatic rings. The zero-order chi connectivity index (χ0) is 16.8. The number of carbonyl (C=O) groups is 2. The largest absolute Gasteiger partial charge is 0.508 e. The third-order valence-electron chi connectivity index (χ3n) is 2.89. The van der Waals surface area contributed by atoms with Crippen LogP contribution in [0.1, 0.15) is 15.9 Å². The van der Waals surface area contributed by atoms with Crippen LogP contribution in [0.4, 0.5) is 0 Å². The third-order valence-corrected chi connectivity index (χ3v) is 3.51. The molecule has 0 bridgehead atoms. The highest BCUT2D eigenvalue weighted by Gasteiger charge is 2.09. The van der Waals surface area contributed by atoms with Gasteiger partial charge in [-0.05, 0) is 64.8 Å². The highest BCUT2D eigenvalue weighted by Crippen LogP contribution is 2.25. The zero-order valence-electron chi connectivity index (χ0n) is 12.3. The highest BCUT2D eigenvalue weighted by atomic mass is 79.9. The average Bonchev–Trinajstić information content (AvgIpc) is 2.52. The molecule has 0 atom stereocenters. The van der Waals surface area contributed by atoms with Crippen LogP contribution in [0.2, 0.25) is 0 Å². The first-order valence-corrected chi connectivity index (χ1v) is 7.52. The van der Waals surface area contributed by atoms with Crippen molar-refractivity contribution >= 4 is 27.7 Å². The Labute approximate surface area is 141 Å². The van der Waals surface area contributed by atoms with E-state index in [0.717, 1.165) is 10.0 Å². The minimum Gasteiger partial charge on any atom is -0.508 e. The van der Waals surface area contributed by atoms with Gasteiger partial charge in [0.25, 0.3) is 11.8 Å². The molecule has 0 unspecified atom stereocenters. The summed E-state index contributed by atoms with van der Waals surface area (Å²) in [4.78, 5) is 23.4. The van der Waals surface area contributed by atoms with Crippen molar-refractivity contribution in [3.05, 3.63) is 58.1 Å². The van der Waals surface area contributed by atoms with E-state index in [1.54, 1.807) is 6.07 Å². The van der Waals surface area contributed by atoms with Gasteiger partial charge in [0, 0.05) is 5.56 Å². The van der Waals surface area contributed by atoms with Gasteiger partial charge in [-0.2, -0.15) is 0 Å². The Hall–Kier alpha value is -2.54. The first kappa shape index (κ1) is 16.8. The lowest BCUT2D eigenvalue weighted by Gasteiger charge is -2.10. The van der Waals surface area contributed by atoms with Gasteiger partial charge in [0.15, 0.2) is 6.61 Å². The number of hydrogen-bond acceptors (Lipinski definition) is 4. The number of aromatic hydroxyl groups is 1. The summed E-state index contributed by atoms with van der Waals surface area (Å²) >= 11 is 3.35. The SMILES string of the molecule is Cc1ccc(OCC(=O)NNC(=O)c2ccc(O)cc2)c(Br)c1. The molecule has 2 aromatic carbocycles. The van der Waals surface area contributed by atoms with Gasteiger partial charge in [0.2, 0.25) is 0 Å². The van der Waals surface area contributed by atoms with Crippen molar-refractivity contribution in [3.63, 3.8) is 0 Å². The van der Waals surface area contributed by atoms with Gasteiger partial charge in [0.05, 0.1) is 4.47 Å². The summed E-state index contributed by atoms with van der Waals surface area (Å²) in [6.45, 7) is 1.71. The summed E-state index contributed by atoms with van der Waals surface area (Å²) in [6, 6.07) is 11.1. The number of amides is 2. The maximum Gasteiger partial charge on any atom is 0.276 e. The molecule has 2 amide bonds.